The van der Waals surface area contributed by atoms with Crippen molar-refractivity contribution in [2.75, 3.05) is 0 Å². The Bertz CT molecular complexity index is 304. The summed E-state index contributed by atoms with van der Waals surface area (Å²) in [5.74, 6) is 0.0105. The van der Waals surface area contributed by atoms with E-state index in [1.165, 1.54) is 11.3 Å². The van der Waals surface area contributed by atoms with Gasteiger partial charge in [0.25, 0.3) is 0 Å². The van der Waals surface area contributed by atoms with Crippen LogP contribution in [0.25, 0.3) is 0 Å². The van der Waals surface area contributed by atoms with E-state index in [1.54, 1.807) is 6.07 Å². The molecule has 1 rings (SSSR count). The van der Waals surface area contributed by atoms with E-state index in [1.807, 2.05) is 13.8 Å². The van der Waals surface area contributed by atoms with Crippen molar-refractivity contribution >= 4 is 40.3 Å². The Hall–Kier alpha value is -0.0500. The van der Waals surface area contributed by atoms with Gasteiger partial charge in [-0.25, -0.2) is 0 Å². The van der Waals surface area contributed by atoms with E-state index >= 15 is 0 Å². The molecule has 1 nitrogen and oxygen atoms in total. The highest BCUT2D eigenvalue weighted by Crippen LogP contribution is 2.32. The Kier molecular flexibility index (Phi) is 3.16. The molecule has 0 aliphatic heterocycles. The third kappa shape index (κ3) is 2.00. The van der Waals surface area contributed by atoms with Crippen LogP contribution in [0.4, 0.5) is 0 Å². The number of halogens is 2. The standard InChI is InChI=1S/C8H8Cl2OS/c1-4(2)7(11)5-3-6(9)12-8(5)10/h3-4H,1-2H3. The first-order valence-corrected chi connectivity index (χ1v) is 5.08. The van der Waals surface area contributed by atoms with E-state index in [-0.39, 0.29) is 11.7 Å². The van der Waals surface area contributed by atoms with Crippen molar-refractivity contribution in [1.82, 2.24) is 0 Å². The molecule has 0 aliphatic rings. The molecule has 0 atom stereocenters. The van der Waals surface area contributed by atoms with Crippen LogP contribution in [0.2, 0.25) is 8.67 Å². The molecule has 4 heteroatoms. The van der Waals surface area contributed by atoms with Crippen LogP contribution < -0.4 is 0 Å². The summed E-state index contributed by atoms with van der Waals surface area (Å²) in [6.45, 7) is 3.68. The van der Waals surface area contributed by atoms with Crippen molar-refractivity contribution in [1.29, 1.82) is 0 Å². The summed E-state index contributed by atoms with van der Waals surface area (Å²) in [5.41, 5.74) is 0.543. The van der Waals surface area contributed by atoms with E-state index in [0.717, 1.165) is 0 Å². The molecule has 1 aromatic rings. The third-order valence-electron chi connectivity index (χ3n) is 1.45. The van der Waals surface area contributed by atoms with E-state index in [0.29, 0.717) is 14.2 Å². The number of hydrogen-bond acceptors (Lipinski definition) is 2. The molecular weight excluding hydrogens is 215 g/mol. The highest BCUT2D eigenvalue weighted by Gasteiger charge is 2.16. The molecule has 0 aliphatic carbocycles. The average Bonchev–Trinajstić information content (AvgIpc) is 2.28. The van der Waals surface area contributed by atoms with Crippen molar-refractivity contribution in [3.05, 3.63) is 20.3 Å². The lowest BCUT2D eigenvalue weighted by Gasteiger charge is -2.00. The second-order valence-corrected chi connectivity index (χ2v) is 5.04. The lowest BCUT2D eigenvalue weighted by atomic mass is 10.0. The first-order chi connectivity index (χ1) is 5.52. The number of Topliss-reactive ketones (excluding diaryl/α,β-unsaturated/α-hetero) is 1. The van der Waals surface area contributed by atoms with Crippen LogP contribution in [0.1, 0.15) is 24.2 Å². The molecule has 0 N–H and O–H groups in total. The number of thiophene rings is 1. The van der Waals surface area contributed by atoms with Crippen molar-refractivity contribution in [3.63, 3.8) is 0 Å². The molecule has 0 fully saturated rings. The van der Waals surface area contributed by atoms with Gasteiger partial charge in [0.15, 0.2) is 5.78 Å². The quantitative estimate of drug-likeness (QED) is 0.695. The van der Waals surface area contributed by atoms with Gasteiger partial charge >= 0.3 is 0 Å². The summed E-state index contributed by atoms with van der Waals surface area (Å²) in [5, 5.41) is 0. The van der Waals surface area contributed by atoms with Gasteiger partial charge in [-0.2, -0.15) is 0 Å². The fraction of sp³-hybridized carbons (Fsp3) is 0.375. The zero-order valence-corrected chi connectivity index (χ0v) is 9.06. The van der Waals surface area contributed by atoms with Gasteiger partial charge in [0.1, 0.15) is 4.34 Å². The van der Waals surface area contributed by atoms with Gasteiger partial charge in [-0.3, -0.25) is 4.79 Å². The van der Waals surface area contributed by atoms with Gasteiger partial charge < -0.3 is 0 Å². The largest absolute Gasteiger partial charge is 0.294 e. The van der Waals surface area contributed by atoms with Crippen LogP contribution in [-0.4, -0.2) is 5.78 Å². The minimum absolute atomic E-state index is 0.0341. The normalized spacial score (nSPS) is 10.8. The fourth-order valence-electron chi connectivity index (χ4n) is 0.819. The Balaban J connectivity index is 3.02. The van der Waals surface area contributed by atoms with Crippen LogP contribution in [0, 0.1) is 5.92 Å². The molecule has 0 spiro atoms. The Morgan fingerprint density at radius 1 is 1.50 bits per heavy atom. The second-order valence-electron chi connectivity index (χ2n) is 2.76. The molecule has 12 heavy (non-hydrogen) atoms. The summed E-state index contributed by atoms with van der Waals surface area (Å²) in [6, 6.07) is 1.62. The first-order valence-electron chi connectivity index (χ1n) is 3.51. The van der Waals surface area contributed by atoms with E-state index in [2.05, 4.69) is 0 Å². The number of rotatable bonds is 2. The van der Waals surface area contributed by atoms with Gasteiger partial charge in [0, 0.05) is 11.5 Å². The van der Waals surface area contributed by atoms with E-state index < -0.39 is 0 Å². The average molecular weight is 223 g/mol. The van der Waals surface area contributed by atoms with Crippen LogP contribution in [-0.2, 0) is 0 Å². The smallest absolute Gasteiger partial charge is 0.167 e. The number of ketones is 1. The number of hydrogen-bond donors (Lipinski definition) is 0. The zero-order chi connectivity index (χ0) is 9.30. The zero-order valence-electron chi connectivity index (χ0n) is 6.73. The van der Waals surface area contributed by atoms with Crippen molar-refractivity contribution < 1.29 is 4.79 Å². The molecule has 66 valence electrons. The summed E-state index contributed by atoms with van der Waals surface area (Å²) in [7, 11) is 0. The van der Waals surface area contributed by atoms with Gasteiger partial charge in [-0.05, 0) is 6.07 Å². The lowest BCUT2D eigenvalue weighted by Crippen LogP contribution is -2.06. The minimum atomic E-state index is -0.0341. The summed E-state index contributed by atoms with van der Waals surface area (Å²) in [6.07, 6.45) is 0. The van der Waals surface area contributed by atoms with E-state index in [4.69, 9.17) is 23.2 Å². The molecule has 1 heterocycles. The maximum Gasteiger partial charge on any atom is 0.167 e. The van der Waals surface area contributed by atoms with Crippen LogP contribution in [0.3, 0.4) is 0 Å². The van der Waals surface area contributed by atoms with Crippen molar-refractivity contribution in [2.45, 2.75) is 13.8 Å². The summed E-state index contributed by atoms with van der Waals surface area (Å²) in [4.78, 5) is 11.4. The van der Waals surface area contributed by atoms with Crippen molar-refractivity contribution in [3.8, 4) is 0 Å². The Morgan fingerprint density at radius 2 is 2.08 bits per heavy atom. The third-order valence-corrected chi connectivity index (χ3v) is 2.93. The highest BCUT2D eigenvalue weighted by molar-refractivity contribution is 7.20. The van der Waals surface area contributed by atoms with Crippen LogP contribution in [0.15, 0.2) is 6.07 Å². The maximum atomic E-state index is 11.4. The molecule has 0 amide bonds. The molecule has 1 aromatic heterocycles. The minimum Gasteiger partial charge on any atom is -0.294 e. The fourth-order valence-corrected chi connectivity index (χ4v) is 2.29. The molecule has 0 saturated heterocycles. The van der Waals surface area contributed by atoms with Crippen LogP contribution in [0.5, 0.6) is 0 Å². The van der Waals surface area contributed by atoms with Crippen LogP contribution >= 0.6 is 34.5 Å². The lowest BCUT2D eigenvalue weighted by molar-refractivity contribution is 0.0940. The van der Waals surface area contributed by atoms with Gasteiger partial charge in [0.05, 0.1) is 4.34 Å². The predicted octanol–water partition coefficient (Wildman–Crippen LogP) is 3.89. The number of carbonyl (C=O) groups is 1. The monoisotopic (exact) mass is 222 g/mol. The molecule has 0 saturated carbocycles. The molecule has 0 aromatic carbocycles. The predicted molar refractivity (Wildman–Crippen MR) is 53.5 cm³/mol. The van der Waals surface area contributed by atoms with Gasteiger partial charge in [0.2, 0.25) is 0 Å². The Morgan fingerprint density at radius 3 is 2.42 bits per heavy atom. The van der Waals surface area contributed by atoms with Crippen molar-refractivity contribution in [2.24, 2.45) is 5.92 Å². The van der Waals surface area contributed by atoms with E-state index in [9.17, 15) is 4.79 Å². The van der Waals surface area contributed by atoms with Gasteiger partial charge in [-0.1, -0.05) is 37.0 Å². The summed E-state index contributed by atoms with van der Waals surface area (Å²) < 4.78 is 1.04. The topological polar surface area (TPSA) is 17.1 Å². The highest BCUT2D eigenvalue weighted by atomic mass is 35.5. The first kappa shape index (κ1) is 10.0. The number of carbonyl (C=O) groups excluding carboxylic acids is 1. The Labute approximate surface area is 85.3 Å². The second kappa shape index (κ2) is 3.77. The molecule has 0 radical (unpaired) electrons. The molecule has 0 bridgehead atoms. The molecule has 0 unspecified atom stereocenters. The summed E-state index contributed by atoms with van der Waals surface area (Å²) >= 11 is 12.7. The SMILES string of the molecule is CC(C)C(=O)c1cc(Cl)sc1Cl. The van der Waals surface area contributed by atoms with Gasteiger partial charge in [-0.15, -0.1) is 11.3 Å². The molecular formula is C8H8Cl2OS. The maximum absolute atomic E-state index is 11.4.